The average molecular weight is 251 g/mol. The van der Waals surface area contributed by atoms with Crippen LogP contribution in [-0.4, -0.2) is 19.7 Å². The highest BCUT2D eigenvalue weighted by Gasteiger charge is 2.08. The van der Waals surface area contributed by atoms with Crippen LogP contribution >= 0.6 is 11.8 Å². The minimum absolute atomic E-state index is 0.319. The van der Waals surface area contributed by atoms with E-state index >= 15 is 0 Å². The van der Waals surface area contributed by atoms with Gasteiger partial charge in [-0.15, -0.1) is 0 Å². The molecule has 0 aliphatic rings. The number of aryl methyl sites for hydroxylation is 1. The van der Waals surface area contributed by atoms with Gasteiger partial charge in [0.25, 0.3) is 0 Å². The lowest BCUT2D eigenvalue weighted by molar-refractivity contribution is 0.596. The van der Waals surface area contributed by atoms with Gasteiger partial charge in [0.1, 0.15) is 5.03 Å². The maximum absolute atomic E-state index is 11.1. The monoisotopic (exact) mass is 251 g/mol. The second kappa shape index (κ2) is 4.42. The highest BCUT2D eigenvalue weighted by atomic mass is 32.2. The van der Waals surface area contributed by atoms with Gasteiger partial charge in [-0.3, -0.25) is 19.4 Å². The summed E-state index contributed by atoms with van der Waals surface area (Å²) in [7, 11) is 1.58. The number of nitrogens with one attached hydrogen (secondary N) is 1. The Morgan fingerprint density at radius 1 is 1.47 bits per heavy atom. The van der Waals surface area contributed by atoms with Gasteiger partial charge in [0, 0.05) is 13.2 Å². The first-order valence-corrected chi connectivity index (χ1v) is 5.45. The van der Waals surface area contributed by atoms with Crippen molar-refractivity contribution in [1.82, 2.24) is 19.7 Å². The molecule has 17 heavy (non-hydrogen) atoms. The van der Waals surface area contributed by atoms with Gasteiger partial charge >= 0.3 is 11.1 Å². The van der Waals surface area contributed by atoms with Crippen molar-refractivity contribution in [1.29, 1.82) is 0 Å². The van der Waals surface area contributed by atoms with E-state index in [-0.39, 0.29) is 0 Å². The lowest BCUT2D eigenvalue weighted by atomic mass is 10.4. The molecule has 0 fully saturated rings. The molecule has 2 heterocycles. The third-order valence-corrected chi connectivity index (χ3v) is 3.02. The van der Waals surface area contributed by atoms with Crippen molar-refractivity contribution in [2.24, 2.45) is 7.05 Å². The standard InChI is InChI=1S/C9H9N5O2S/c1-14-9(12-6(15)7(16)13-14)17-8-5(10)3-2-4-11-8/h2-4H,10H2,1H3,(H,13,16). The van der Waals surface area contributed by atoms with Crippen LogP contribution in [0.15, 0.2) is 38.1 Å². The van der Waals surface area contributed by atoms with E-state index in [1.165, 1.54) is 4.68 Å². The molecule has 0 spiro atoms. The molecular weight excluding hydrogens is 242 g/mol. The van der Waals surface area contributed by atoms with E-state index in [0.29, 0.717) is 15.9 Å². The Kier molecular flexibility index (Phi) is 2.96. The van der Waals surface area contributed by atoms with Gasteiger partial charge in [0.15, 0.2) is 5.16 Å². The summed E-state index contributed by atoms with van der Waals surface area (Å²) in [5, 5.41) is 3.19. The summed E-state index contributed by atoms with van der Waals surface area (Å²) in [6, 6.07) is 3.40. The zero-order chi connectivity index (χ0) is 12.4. The van der Waals surface area contributed by atoms with Crippen LogP contribution in [0.1, 0.15) is 0 Å². The summed E-state index contributed by atoms with van der Waals surface area (Å²) >= 11 is 1.11. The quantitative estimate of drug-likeness (QED) is 0.703. The van der Waals surface area contributed by atoms with Gasteiger partial charge in [-0.05, 0) is 23.9 Å². The number of rotatable bonds is 2. The summed E-state index contributed by atoms with van der Waals surface area (Å²) in [6.07, 6.45) is 1.59. The van der Waals surface area contributed by atoms with Gasteiger partial charge in [-0.25, -0.2) is 4.98 Å². The first-order chi connectivity index (χ1) is 8.08. The van der Waals surface area contributed by atoms with E-state index in [0.717, 1.165) is 11.8 Å². The summed E-state index contributed by atoms with van der Waals surface area (Å²) in [4.78, 5) is 29.8. The molecule has 8 heteroatoms. The Balaban J connectivity index is 2.44. The predicted molar refractivity (Wildman–Crippen MR) is 62.9 cm³/mol. The third-order valence-electron chi connectivity index (χ3n) is 1.94. The summed E-state index contributed by atoms with van der Waals surface area (Å²) in [5.41, 5.74) is 4.61. The molecule has 7 nitrogen and oxygen atoms in total. The fourth-order valence-electron chi connectivity index (χ4n) is 1.13. The molecule has 3 N–H and O–H groups in total. The molecule has 0 unspecified atom stereocenters. The first-order valence-electron chi connectivity index (χ1n) is 4.63. The molecule has 2 aromatic rings. The Morgan fingerprint density at radius 2 is 2.24 bits per heavy atom. The maximum atomic E-state index is 11.1. The van der Waals surface area contributed by atoms with E-state index in [4.69, 9.17) is 5.73 Å². The maximum Gasteiger partial charge on any atom is 0.339 e. The van der Waals surface area contributed by atoms with Crippen molar-refractivity contribution in [3.8, 4) is 0 Å². The molecule has 0 radical (unpaired) electrons. The second-order valence-electron chi connectivity index (χ2n) is 3.20. The normalized spacial score (nSPS) is 10.4. The van der Waals surface area contributed by atoms with Crippen LogP contribution < -0.4 is 16.9 Å². The number of nitrogen functional groups attached to an aromatic ring is 1. The minimum atomic E-state index is -0.833. The summed E-state index contributed by atoms with van der Waals surface area (Å²) < 4.78 is 1.35. The van der Waals surface area contributed by atoms with E-state index in [1.807, 2.05) is 0 Å². The number of hydrogen-bond acceptors (Lipinski definition) is 6. The van der Waals surface area contributed by atoms with Gasteiger partial charge in [-0.2, -0.15) is 4.98 Å². The molecule has 0 aromatic carbocycles. The Bertz CT molecular complexity index is 663. The highest BCUT2D eigenvalue weighted by molar-refractivity contribution is 7.99. The fraction of sp³-hybridized carbons (Fsp3) is 0.111. The molecule has 0 saturated carbocycles. The average Bonchev–Trinajstić information content (AvgIpc) is 2.29. The SMILES string of the molecule is Cn1[nH]c(=O)c(=O)nc1Sc1ncccc1N. The zero-order valence-corrected chi connectivity index (χ0v) is 9.69. The summed E-state index contributed by atoms with van der Waals surface area (Å²) in [6.45, 7) is 0. The largest absolute Gasteiger partial charge is 0.397 e. The molecule has 2 rings (SSSR count). The first kappa shape index (κ1) is 11.4. The summed E-state index contributed by atoms with van der Waals surface area (Å²) in [5.74, 6) is 0. The number of aromatic nitrogens is 4. The molecular formula is C9H9N5O2S. The van der Waals surface area contributed by atoms with Crippen LogP contribution in [0.4, 0.5) is 5.69 Å². The van der Waals surface area contributed by atoms with Crippen molar-refractivity contribution < 1.29 is 0 Å². The Morgan fingerprint density at radius 3 is 2.94 bits per heavy atom. The second-order valence-corrected chi connectivity index (χ2v) is 4.16. The van der Waals surface area contributed by atoms with Crippen molar-refractivity contribution in [3.05, 3.63) is 39.0 Å². The van der Waals surface area contributed by atoms with E-state index in [1.54, 1.807) is 25.4 Å². The molecule has 2 aromatic heterocycles. The van der Waals surface area contributed by atoms with E-state index in [9.17, 15) is 9.59 Å². The van der Waals surface area contributed by atoms with E-state index in [2.05, 4.69) is 15.1 Å². The number of pyridine rings is 1. The predicted octanol–water partition coefficient (Wildman–Crippen LogP) is -0.403. The highest BCUT2D eigenvalue weighted by Crippen LogP contribution is 2.26. The van der Waals surface area contributed by atoms with Crippen molar-refractivity contribution in [2.45, 2.75) is 10.2 Å². The zero-order valence-electron chi connectivity index (χ0n) is 8.88. The number of nitrogens with two attached hydrogens (primary N) is 1. The van der Waals surface area contributed by atoms with Gasteiger partial charge in [0.2, 0.25) is 0 Å². The van der Waals surface area contributed by atoms with Crippen molar-refractivity contribution >= 4 is 17.4 Å². The van der Waals surface area contributed by atoms with Crippen LogP contribution in [0.3, 0.4) is 0 Å². The lowest BCUT2D eigenvalue weighted by Crippen LogP contribution is -2.33. The molecule has 88 valence electrons. The van der Waals surface area contributed by atoms with Crippen molar-refractivity contribution in [2.75, 3.05) is 5.73 Å². The molecule has 0 bridgehead atoms. The van der Waals surface area contributed by atoms with Crippen LogP contribution in [0.2, 0.25) is 0 Å². The van der Waals surface area contributed by atoms with Crippen LogP contribution in [0.5, 0.6) is 0 Å². The van der Waals surface area contributed by atoms with E-state index < -0.39 is 11.1 Å². The molecule has 0 atom stereocenters. The lowest BCUT2D eigenvalue weighted by Gasteiger charge is -2.06. The minimum Gasteiger partial charge on any atom is -0.397 e. The van der Waals surface area contributed by atoms with Crippen LogP contribution in [-0.2, 0) is 7.05 Å². The molecule has 0 amide bonds. The smallest absolute Gasteiger partial charge is 0.339 e. The van der Waals surface area contributed by atoms with Gasteiger partial charge in [-0.1, -0.05) is 0 Å². The molecule has 0 saturated heterocycles. The third kappa shape index (κ3) is 2.36. The topological polar surface area (TPSA) is 107 Å². The number of anilines is 1. The molecule has 0 aliphatic carbocycles. The van der Waals surface area contributed by atoms with Crippen molar-refractivity contribution in [3.63, 3.8) is 0 Å². The number of H-pyrrole nitrogens is 1. The van der Waals surface area contributed by atoms with Gasteiger partial charge in [0.05, 0.1) is 5.69 Å². The van der Waals surface area contributed by atoms with Crippen LogP contribution in [0, 0.1) is 0 Å². The Labute approximate surface area is 99.7 Å². The number of hydrogen-bond donors (Lipinski definition) is 2. The van der Waals surface area contributed by atoms with Gasteiger partial charge < -0.3 is 5.73 Å². The number of nitrogens with zero attached hydrogens (tertiary/aromatic N) is 3. The molecule has 0 aliphatic heterocycles. The number of aromatic amines is 1. The van der Waals surface area contributed by atoms with Crippen LogP contribution in [0.25, 0.3) is 0 Å². The Hall–Kier alpha value is -2.09. The fourth-order valence-corrected chi connectivity index (χ4v) is 1.91.